The van der Waals surface area contributed by atoms with E-state index in [2.05, 4.69) is 5.32 Å². The van der Waals surface area contributed by atoms with Crippen LogP contribution in [0.25, 0.3) is 0 Å². The minimum Gasteiger partial charge on any atom is -0.350 e. The SMILES string of the molecule is CN(C)[C@H](CNC(=O)c1ccc(S(=O)(=O)C(F)F)cc1)Cc1ccccc1. The minimum atomic E-state index is -4.66. The van der Waals surface area contributed by atoms with E-state index in [1.165, 1.54) is 12.1 Å². The Balaban J connectivity index is 2.01. The molecule has 0 saturated carbocycles. The van der Waals surface area contributed by atoms with E-state index >= 15 is 0 Å². The summed E-state index contributed by atoms with van der Waals surface area (Å²) in [5, 5.41) is 2.80. The lowest BCUT2D eigenvalue weighted by atomic mass is 10.1. The Kier molecular flexibility index (Phi) is 7.04. The van der Waals surface area contributed by atoms with Gasteiger partial charge in [-0.2, -0.15) is 8.78 Å². The number of alkyl halides is 2. The maximum Gasteiger partial charge on any atom is 0.341 e. The summed E-state index contributed by atoms with van der Waals surface area (Å²) in [6.45, 7) is 0.387. The maximum absolute atomic E-state index is 12.5. The monoisotopic (exact) mass is 396 g/mol. The zero-order valence-corrected chi connectivity index (χ0v) is 15.9. The van der Waals surface area contributed by atoms with Crippen LogP contribution in [0.3, 0.4) is 0 Å². The molecule has 0 bridgehead atoms. The first kappa shape index (κ1) is 21.0. The van der Waals surface area contributed by atoms with Crippen LogP contribution in [-0.4, -0.2) is 51.7 Å². The molecule has 2 aromatic rings. The van der Waals surface area contributed by atoms with E-state index in [1.54, 1.807) is 0 Å². The highest BCUT2D eigenvalue weighted by Gasteiger charge is 2.26. The topological polar surface area (TPSA) is 66.5 Å². The second-order valence-electron chi connectivity index (χ2n) is 6.35. The van der Waals surface area contributed by atoms with Crippen LogP contribution in [0.1, 0.15) is 15.9 Å². The lowest BCUT2D eigenvalue weighted by Gasteiger charge is -2.24. The number of halogens is 2. The minimum absolute atomic E-state index is 0.0647. The molecule has 2 rings (SSSR count). The van der Waals surface area contributed by atoms with Gasteiger partial charge in [-0.25, -0.2) is 8.42 Å². The molecule has 1 N–H and O–H groups in total. The summed E-state index contributed by atoms with van der Waals surface area (Å²) < 4.78 is 47.9. The van der Waals surface area contributed by atoms with Crippen LogP contribution in [-0.2, 0) is 16.3 Å². The van der Waals surface area contributed by atoms with Gasteiger partial charge in [0.25, 0.3) is 5.91 Å². The summed E-state index contributed by atoms with van der Waals surface area (Å²) in [4.78, 5) is 13.8. The summed E-state index contributed by atoms with van der Waals surface area (Å²) in [6, 6.07) is 14.4. The molecule has 5 nitrogen and oxygen atoms in total. The maximum atomic E-state index is 12.5. The number of sulfone groups is 1. The third-order valence-corrected chi connectivity index (χ3v) is 5.62. The van der Waals surface area contributed by atoms with Gasteiger partial charge in [0.05, 0.1) is 4.90 Å². The van der Waals surface area contributed by atoms with E-state index in [-0.39, 0.29) is 11.6 Å². The summed E-state index contributed by atoms with van der Waals surface area (Å²) in [7, 11) is -0.822. The summed E-state index contributed by atoms with van der Waals surface area (Å²) in [5.41, 5.74) is 1.35. The standard InChI is InChI=1S/C19H22F2N2O3S/c1-23(2)16(12-14-6-4-3-5-7-14)13-22-18(24)15-8-10-17(11-9-15)27(25,26)19(20)21/h3-11,16,19H,12-13H2,1-2H3,(H,22,24)/t16-/m0/s1. The number of likely N-dealkylation sites (N-methyl/N-ethyl adjacent to an activating group) is 1. The van der Waals surface area contributed by atoms with Crippen LogP contribution >= 0.6 is 0 Å². The Morgan fingerprint density at radius 2 is 1.63 bits per heavy atom. The van der Waals surface area contributed by atoms with Gasteiger partial charge < -0.3 is 10.2 Å². The third kappa shape index (κ3) is 5.58. The van der Waals surface area contributed by atoms with Crippen LogP contribution in [0.15, 0.2) is 59.5 Å². The molecule has 0 heterocycles. The molecule has 0 aliphatic carbocycles. The predicted molar refractivity (Wildman–Crippen MR) is 99.6 cm³/mol. The second kappa shape index (κ2) is 9.05. The van der Waals surface area contributed by atoms with E-state index < -0.39 is 26.4 Å². The van der Waals surface area contributed by atoms with Gasteiger partial charge in [0, 0.05) is 18.2 Å². The van der Waals surface area contributed by atoms with Gasteiger partial charge in [-0.1, -0.05) is 30.3 Å². The normalized spacial score (nSPS) is 13.0. The van der Waals surface area contributed by atoms with Crippen molar-refractivity contribution >= 4 is 15.7 Å². The molecule has 0 fully saturated rings. The summed E-state index contributed by atoms with van der Waals surface area (Å²) in [5.74, 6) is -3.88. The molecule has 0 spiro atoms. The van der Waals surface area contributed by atoms with Crippen molar-refractivity contribution in [3.63, 3.8) is 0 Å². The van der Waals surface area contributed by atoms with Crippen molar-refractivity contribution in [1.29, 1.82) is 0 Å². The molecule has 0 saturated heterocycles. The van der Waals surface area contributed by atoms with Crippen molar-refractivity contribution in [3.8, 4) is 0 Å². The van der Waals surface area contributed by atoms with E-state index in [4.69, 9.17) is 0 Å². The quantitative estimate of drug-likeness (QED) is 0.745. The molecule has 0 unspecified atom stereocenters. The number of rotatable bonds is 8. The molecule has 1 amide bonds. The van der Waals surface area contributed by atoms with Gasteiger partial charge in [0.15, 0.2) is 0 Å². The highest BCUT2D eigenvalue weighted by Crippen LogP contribution is 2.18. The molecule has 146 valence electrons. The van der Waals surface area contributed by atoms with Crippen molar-refractivity contribution in [2.75, 3.05) is 20.6 Å². The van der Waals surface area contributed by atoms with Crippen LogP contribution in [0.4, 0.5) is 8.78 Å². The Morgan fingerprint density at radius 1 is 1.04 bits per heavy atom. The molecular formula is C19H22F2N2O3S. The van der Waals surface area contributed by atoms with Crippen molar-refractivity contribution in [3.05, 3.63) is 65.7 Å². The zero-order valence-electron chi connectivity index (χ0n) is 15.1. The third-order valence-electron chi connectivity index (χ3n) is 4.22. The zero-order chi connectivity index (χ0) is 20.0. The summed E-state index contributed by atoms with van der Waals surface area (Å²) in [6.07, 6.45) is 0.750. The van der Waals surface area contributed by atoms with Crippen molar-refractivity contribution < 1.29 is 22.0 Å². The Bertz CT molecular complexity index is 854. The van der Waals surface area contributed by atoms with Gasteiger partial charge >= 0.3 is 5.76 Å². The van der Waals surface area contributed by atoms with Gasteiger partial charge in [-0.3, -0.25) is 4.79 Å². The van der Waals surface area contributed by atoms with E-state index in [9.17, 15) is 22.0 Å². The average Bonchev–Trinajstić information content (AvgIpc) is 2.65. The summed E-state index contributed by atoms with van der Waals surface area (Å²) >= 11 is 0. The Hall–Kier alpha value is -2.32. The van der Waals surface area contributed by atoms with Gasteiger partial charge in [-0.15, -0.1) is 0 Å². The van der Waals surface area contributed by atoms with E-state index in [0.29, 0.717) is 6.54 Å². The molecular weight excluding hydrogens is 374 g/mol. The second-order valence-corrected chi connectivity index (χ2v) is 8.26. The first-order valence-corrected chi connectivity index (χ1v) is 9.87. The Labute approximate surface area is 157 Å². The molecule has 0 aliphatic heterocycles. The van der Waals surface area contributed by atoms with E-state index in [0.717, 1.165) is 24.1 Å². The van der Waals surface area contributed by atoms with Crippen LogP contribution in [0.2, 0.25) is 0 Å². The number of benzene rings is 2. The highest BCUT2D eigenvalue weighted by atomic mass is 32.2. The van der Waals surface area contributed by atoms with Crippen molar-refractivity contribution in [2.24, 2.45) is 0 Å². The van der Waals surface area contributed by atoms with Crippen LogP contribution in [0, 0.1) is 0 Å². The lowest BCUT2D eigenvalue weighted by Crippen LogP contribution is -2.41. The number of nitrogens with zero attached hydrogens (tertiary/aromatic N) is 1. The fourth-order valence-corrected chi connectivity index (χ4v) is 3.26. The molecule has 8 heteroatoms. The molecule has 2 aromatic carbocycles. The molecule has 0 aromatic heterocycles. The van der Waals surface area contributed by atoms with Crippen LogP contribution < -0.4 is 5.32 Å². The fourth-order valence-electron chi connectivity index (χ4n) is 2.53. The van der Waals surface area contributed by atoms with Gasteiger partial charge in [0.2, 0.25) is 9.84 Å². The first-order valence-electron chi connectivity index (χ1n) is 8.32. The lowest BCUT2D eigenvalue weighted by molar-refractivity contribution is 0.0941. The van der Waals surface area contributed by atoms with Gasteiger partial charge in [-0.05, 0) is 50.3 Å². The molecule has 0 aliphatic rings. The van der Waals surface area contributed by atoms with E-state index in [1.807, 2.05) is 49.3 Å². The van der Waals surface area contributed by atoms with Crippen LogP contribution in [0.5, 0.6) is 0 Å². The van der Waals surface area contributed by atoms with Gasteiger partial charge in [0.1, 0.15) is 0 Å². The number of hydrogen-bond donors (Lipinski definition) is 1. The van der Waals surface area contributed by atoms with Crippen molar-refractivity contribution in [2.45, 2.75) is 23.1 Å². The number of carbonyl (C=O) groups excluding carboxylic acids is 1. The number of hydrogen-bond acceptors (Lipinski definition) is 4. The number of amides is 1. The number of carbonyl (C=O) groups is 1. The van der Waals surface area contributed by atoms with Crippen molar-refractivity contribution in [1.82, 2.24) is 10.2 Å². The first-order chi connectivity index (χ1) is 12.7. The highest BCUT2D eigenvalue weighted by molar-refractivity contribution is 7.91. The average molecular weight is 396 g/mol. The molecule has 1 atom stereocenters. The fraction of sp³-hybridized carbons (Fsp3) is 0.316. The molecule has 27 heavy (non-hydrogen) atoms. The predicted octanol–water partition coefficient (Wildman–Crippen LogP) is 2.59. The largest absolute Gasteiger partial charge is 0.350 e. The smallest absolute Gasteiger partial charge is 0.341 e. The number of nitrogens with one attached hydrogen (secondary N) is 1. The molecule has 0 radical (unpaired) electrons. The Morgan fingerprint density at radius 3 is 2.15 bits per heavy atom.